The van der Waals surface area contributed by atoms with Gasteiger partial charge < -0.3 is 9.32 Å². The van der Waals surface area contributed by atoms with Crippen molar-refractivity contribution in [3.8, 4) is 0 Å². The molecule has 0 amide bonds. The molecule has 1 fully saturated rings. The SMILES string of the molecule is CC[Si](CC)(CC)c1ccc([Si](C)(C)CCCN2CCCCC2C)o1. The molecule has 2 nitrogen and oxygen atoms in total. The van der Waals surface area contributed by atoms with Gasteiger partial charge in [-0.2, -0.15) is 0 Å². The summed E-state index contributed by atoms with van der Waals surface area (Å²) in [6.45, 7) is 17.1. The van der Waals surface area contributed by atoms with Gasteiger partial charge >= 0.3 is 0 Å². The van der Waals surface area contributed by atoms with E-state index in [4.69, 9.17) is 4.42 Å². The lowest BCUT2D eigenvalue weighted by Crippen LogP contribution is -2.47. The first-order valence-electron chi connectivity index (χ1n) is 10.7. The van der Waals surface area contributed by atoms with Crippen LogP contribution in [0.4, 0.5) is 0 Å². The summed E-state index contributed by atoms with van der Waals surface area (Å²) < 4.78 is 6.56. The van der Waals surface area contributed by atoms with Crippen LogP contribution in [0, 0.1) is 0 Å². The standard InChI is InChI=1S/C21H41NOSi2/c1-7-25(8-2,9-3)21-15-14-20(23-21)24(5,6)18-12-17-22-16-11-10-13-19(22)4/h14-15,19H,7-13,16-18H2,1-6H3. The van der Waals surface area contributed by atoms with Crippen LogP contribution in [0.2, 0.25) is 37.3 Å². The summed E-state index contributed by atoms with van der Waals surface area (Å²) in [7, 11) is -2.82. The molecule has 2 rings (SSSR count). The van der Waals surface area contributed by atoms with Gasteiger partial charge in [-0.25, -0.2) is 0 Å². The van der Waals surface area contributed by atoms with Crippen LogP contribution in [0.5, 0.6) is 0 Å². The van der Waals surface area contributed by atoms with E-state index < -0.39 is 16.1 Å². The smallest absolute Gasteiger partial charge is 0.131 e. The summed E-state index contributed by atoms with van der Waals surface area (Å²) in [6, 6.07) is 10.7. The molecule has 0 saturated carbocycles. The van der Waals surface area contributed by atoms with Crippen LogP contribution in [0.3, 0.4) is 0 Å². The molecule has 1 aliphatic rings. The van der Waals surface area contributed by atoms with E-state index >= 15 is 0 Å². The van der Waals surface area contributed by atoms with Crippen LogP contribution in [0.1, 0.15) is 53.4 Å². The van der Waals surface area contributed by atoms with Gasteiger partial charge in [-0.3, -0.25) is 0 Å². The molecule has 25 heavy (non-hydrogen) atoms. The highest BCUT2D eigenvalue weighted by atomic mass is 28.3. The van der Waals surface area contributed by atoms with Gasteiger partial charge in [-0.1, -0.05) is 58.4 Å². The van der Waals surface area contributed by atoms with Crippen LogP contribution < -0.4 is 10.8 Å². The van der Waals surface area contributed by atoms with E-state index in [9.17, 15) is 0 Å². The highest BCUT2D eigenvalue weighted by Gasteiger charge is 2.35. The Morgan fingerprint density at radius 3 is 2.28 bits per heavy atom. The third-order valence-corrected chi connectivity index (χ3v) is 15.6. The van der Waals surface area contributed by atoms with Crippen LogP contribution >= 0.6 is 0 Å². The van der Waals surface area contributed by atoms with Crippen molar-refractivity contribution in [2.45, 2.75) is 96.7 Å². The van der Waals surface area contributed by atoms with Gasteiger partial charge in [0, 0.05) is 6.04 Å². The average Bonchev–Trinajstić information content (AvgIpc) is 3.10. The summed E-state index contributed by atoms with van der Waals surface area (Å²) in [5, 5.41) is 2.72. The van der Waals surface area contributed by atoms with E-state index in [1.165, 1.54) is 73.7 Å². The van der Waals surface area contributed by atoms with Gasteiger partial charge in [-0.05, 0) is 57.5 Å². The second-order valence-electron chi connectivity index (χ2n) is 8.87. The Kier molecular flexibility index (Phi) is 7.59. The molecule has 0 radical (unpaired) electrons. The van der Waals surface area contributed by atoms with Crippen LogP contribution in [-0.4, -0.2) is 40.2 Å². The molecule has 0 aromatic carbocycles. The molecular formula is C21H41NOSi2. The Labute approximate surface area is 158 Å². The largest absolute Gasteiger partial charge is 0.476 e. The second kappa shape index (κ2) is 9.05. The van der Waals surface area contributed by atoms with Crippen LogP contribution in [0.25, 0.3) is 0 Å². The summed E-state index contributed by atoms with van der Waals surface area (Å²) in [5.41, 5.74) is 0. The maximum atomic E-state index is 6.56. The Bertz CT molecular complexity index is 513. The summed E-state index contributed by atoms with van der Waals surface area (Å²) >= 11 is 0. The van der Waals surface area contributed by atoms with E-state index in [2.05, 4.69) is 57.8 Å². The van der Waals surface area contributed by atoms with Gasteiger partial charge in [-0.15, -0.1) is 0 Å². The Morgan fingerprint density at radius 1 is 1.04 bits per heavy atom. The third kappa shape index (κ3) is 4.89. The first-order valence-corrected chi connectivity index (χ1v) is 16.6. The van der Waals surface area contributed by atoms with Crippen molar-refractivity contribution >= 4 is 26.9 Å². The molecule has 0 bridgehead atoms. The first-order chi connectivity index (χ1) is 11.9. The lowest BCUT2D eigenvalue weighted by Gasteiger charge is -2.34. The minimum absolute atomic E-state index is 0.791. The normalized spacial score (nSPS) is 20.2. The molecule has 1 aromatic rings. The minimum atomic E-state index is -1.45. The zero-order chi connectivity index (χ0) is 18.5. The van der Waals surface area contributed by atoms with Crippen molar-refractivity contribution in [2.75, 3.05) is 13.1 Å². The van der Waals surface area contributed by atoms with E-state index in [0.29, 0.717) is 0 Å². The molecule has 1 unspecified atom stereocenters. The predicted molar refractivity (Wildman–Crippen MR) is 117 cm³/mol. The molecule has 0 spiro atoms. The molecule has 1 aromatic heterocycles. The molecule has 2 heterocycles. The van der Waals surface area contributed by atoms with Crippen molar-refractivity contribution in [1.29, 1.82) is 0 Å². The quantitative estimate of drug-likeness (QED) is 0.550. The zero-order valence-corrected chi connectivity index (χ0v) is 19.7. The van der Waals surface area contributed by atoms with E-state index in [1.54, 1.807) is 0 Å². The fourth-order valence-corrected chi connectivity index (χ4v) is 10.2. The number of rotatable bonds is 9. The van der Waals surface area contributed by atoms with E-state index in [-0.39, 0.29) is 0 Å². The molecule has 0 aliphatic carbocycles. The highest BCUT2D eigenvalue weighted by Crippen LogP contribution is 2.22. The second-order valence-corrected chi connectivity index (χ2v) is 18.8. The van der Waals surface area contributed by atoms with Crippen molar-refractivity contribution in [3.05, 3.63) is 12.1 Å². The summed E-state index contributed by atoms with van der Waals surface area (Å²) in [4.78, 5) is 2.71. The van der Waals surface area contributed by atoms with E-state index in [1.807, 2.05) is 0 Å². The van der Waals surface area contributed by atoms with Gasteiger partial charge in [0.25, 0.3) is 0 Å². The van der Waals surface area contributed by atoms with Crippen molar-refractivity contribution in [2.24, 2.45) is 0 Å². The summed E-state index contributed by atoms with van der Waals surface area (Å²) in [5.74, 6) is 0. The number of furan rings is 1. The fourth-order valence-electron chi connectivity index (χ4n) is 4.60. The predicted octanol–water partition coefficient (Wildman–Crippen LogP) is 5.18. The molecule has 1 saturated heterocycles. The Morgan fingerprint density at radius 2 is 1.68 bits per heavy atom. The average molecular weight is 380 g/mol. The highest BCUT2D eigenvalue weighted by molar-refractivity contribution is 6.92. The Balaban J connectivity index is 1.97. The molecule has 1 aliphatic heterocycles. The Hall–Kier alpha value is -0.326. The number of hydrogen-bond acceptors (Lipinski definition) is 2. The van der Waals surface area contributed by atoms with Gasteiger partial charge in [0.2, 0.25) is 0 Å². The maximum absolute atomic E-state index is 6.56. The molecular weight excluding hydrogens is 338 g/mol. The fraction of sp³-hybridized carbons (Fsp3) is 0.810. The molecule has 0 N–H and O–H groups in total. The monoisotopic (exact) mass is 379 g/mol. The summed E-state index contributed by atoms with van der Waals surface area (Å²) in [6.07, 6.45) is 5.53. The van der Waals surface area contributed by atoms with Gasteiger partial charge in [0.05, 0.1) is 10.8 Å². The first kappa shape index (κ1) is 21.0. The number of hydrogen-bond donors (Lipinski definition) is 0. The zero-order valence-electron chi connectivity index (χ0n) is 17.7. The lowest BCUT2D eigenvalue weighted by molar-refractivity contribution is 0.161. The lowest BCUT2D eigenvalue weighted by atomic mass is 10.0. The van der Waals surface area contributed by atoms with Crippen molar-refractivity contribution in [1.82, 2.24) is 4.90 Å². The van der Waals surface area contributed by atoms with Crippen LogP contribution in [0.15, 0.2) is 16.5 Å². The molecule has 144 valence electrons. The van der Waals surface area contributed by atoms with Gasteiger partial charge in [0.15, 0.2) is 0 Å². The third-order valence-electron chi connectivity index (χ3n) is 7.01. The maximum Gasteiger partial charge on any atom is 0.131 e. The van der Waals surface area contributed by atoms with Crippen molar-refractivity contribution in [3.63, 3.8) is 0 Å². The molecule has 1 atom stereocenters. The van der Waals surface area contributed by atoms with E-state index in [0.717, 1.165) is 6.04 Å². The number of piperidine rings is 1. The number of nitrogens with zero attached hydrogens (tertiary/aromatic N) is 1. The topological polar surface area (TPSA) is 16.4 Å². The number of likely N-dealkylation sites (tertiary alicyclic amines) is 1. The minimum Gasteiger partial charge on any atom is -0.476 e. The van der Waals surface area contributed by atoms with Gasteiger partial charge in [0.1, 0.15) is 16.1 Å². The molecule has 4 heteroatoms. The van der Waals surface area contributed by atoms with Crippen LogP contribution in [-0.2, 0) is 0 Å². The van der Waals surface area contributed by atoms with Crippen molar-refractivity contribution < 1.29 is 4.42 Å².